The van der Waals surface area contributed by atoms with Gasteiger partial charge in [-0.2, -0.15) is 0 Å². The first kappa shape index (κ1) is 14.4. The number of aromatic nitrogens is 2. The Kier molecular flexibility index (Phi) is 4.53. The second kappa shape index (κ2) is 5.34. The standard InChI is InChI=1S/C13H22BrN3/c1-8(2)6-7-9-16-11(13(3,4)5)10(14)12(15)17-9/h8H,6-7H2,1-5H3,(H2,15,16,17). The van der Waals surface area contributed by atoms with Crippen LogP contribution in [0.25, 0.3) is 0 Å². The van der Waals surface area contributed by atoms with Crippen molar-refractivity contribution in [3.8, 4) is 0 Å². The molecule has 1 aromatic heterocycles. The molecule has 0 fully saturated rings. The maximum atomic E-state index is 5.93. The van der Waals surface area contributed by atoms with E-state index >= 15 is 0 Å². The molecule has 0 aromatic carbocycles. The smallest absolute Gasteiger partial charge is 0.141 e. The van der Waals surface area contributed by atoms with Gasteiger partial charge in [0.2, 0.25) is 0 Å². The number of hydrogen-bond acceptors (Lipinski definition) is 3. The summed E-state index contributed by atoms with van der Waals surface area (Å²) in [7, 11) is 0. The molecule has 96 valence electrons. The van der Waals surface area contributed by atoms with E-state index in [0.717, 1.165) is 28.8 Å². The van der Waals surface area contributed by atoms with E-state index in [2.05, 4.69) is 60.5 Å². The van der Waals surface area contributed by atoms with Gasteiger partial charge in [0.15, 0.2) is 0 Å². The average Bonchev–Trinajstić information content (AvgIpc) is 2.17. The highest BCUT2D eigenvalue weighted by Gasteiger charge is 2.22. The molecule has 17 heavy (non-hydrogen) atoms. The highest BCUT2D eigenvalue weighted by molar-refractivity contribution is 9.10. The number of nitrogen functional groups attached to an aromatic ring is 1. The van der Waals surface area contributed by atoms with Gasteiger partial charge >= 0.3 is 0 Å². The maximum Gasteiger partial charge on any atom is 0.141 e. The van der Waals surface area contributed by atoms with Crippen LogP contribution in [-0.2, 0) is 11.8 Å². The summed E-state index contributed by atoms with van der Waals surface area (Å²) in [6, 6.07) is 0. The Morgan fingerprint density at radius 2 is 1.82 bits per heavy atom. The second-order valence-corrected chi connectivity index (χ2v) is 6.66. The number of nitrogens with two attached hydrogens (primary N) is 1. The van der Waals surface area contributed by atoms with Crippen LogP contribution in [-0.4, -0.2) is 9.97 Å². The van der Waals surface area contributed by atoms with Gasteiger partial charge in [-0.05, 0) is 28.3 Å². The fourth-order valence-electron chi connectivity index (χ4n) is 1.54. The van der Waals surface area contributed by atoms with Gasteiger partial charge in [-0.25, -0.2) is 9.97 Å². The Labute approximate surface area is 112 Å². The first-order chi connectivity index (χ1) is 7.71. The van der Waals surface area contributed by atoms with Gasteiger partial charge in [0, 0.05) is 11.8 Å². The van der Waals surface area contributed by atoms with E-state index in [9.17, 15) is 0 Å². The minimum Gasteiger partial charge on any atom is -0.383 e. The molecular weight excluding hydrogens is 278 g/mol. The Balaban J connectivity index is 3.07. The molecule has 1 heterocycles. The van der Waals surface area contributed by atoms with Crippen LogP contribution in [0.2, 0.25) is 0 Å². The van der Waals surface area contributed by atoms with Crippen LogP contribution in [0, 0.1) is 5.92 Å². The van der Waals surface area contributed by atoms with Gasteiger partial charge in [0.05, 0.1) is 10.2 Å². The molecule has 0 radical (unpaired) electrons. The second-order valence-electron chi connectivity index (χ2n) is 5.87. The topological polar surface area (TPSA) is 51.8 Å². The lowest BCUT2D eigenvalue weighted by atomic mass is 9.91. The zero-order valence-electron chi connectivity index (χ0n) is 11.3. The molecule has 0 amide bonds. The van der Waals surface area contributed by atoms with Crippen LogP contribution in [0.5, 0.6) is 0 Å². The largest absolute Gasteiger partial charge is 0.383 e. The summed E-state index contributed by atoms with van der Waals surface area (Å²) in [5, 5.41) is 0. The molecule has 1 rings (SSSR count). The normalized spacial score (nSPS) is 12.2. The van der Waals surface area contributed by atoms with Crippen LogP contribution in [0.3, 0.4) is 0 Å². The van der Waals surface area contributed by atoms with E-state index < -0.39 is 0 Å². The van der Waals surface area contributed by atoms with E-state index in [-0.39, 0.29) is 5.41 Å². The third-order valence-corrected chi connectivity index (χ3v) is 3.36. The lowest BCUT2D eigenvalue weighted by Crippen LogP contribution is -2.18. The molecule has 0 aliphatic rings. The van der Waals surface area contributed by atoms with Gasteiger partial charge in [0.1, 0.15) is 11.6 Å². The van der Waals surface area contributed by atoms with Crippen molar-refractivity contribution < 1.29 is 0 Å². The number of hydrogen-bond donors (Lipinski definition) is 1. The summed E-state index contributed by atoms with van der Waals surface area (Å²) in [5.41, 5.74) is 6.89. The third-order valence-electron chi connectivity index (χ3n) is 2.58. The van der Waals surface area contributed by atoms with Crippen molar-refractivity contribution in [1.29, 1.82) is 0 Å². The molecule has 0 unspecified atom stereocenters. The van der Waals surface area contributed by atoms with Crippen molar-refractivity contribution in [2.45, 2.75) is 52.9 Å². The summed E-state index contributed by atoms with van der Waals surface area (Å²) in [6.07, 6.45) is 1.98. The number of aryl methyl sites for hydroxylation is 1. The van der Waals surface area contributed by atoms with Crippen LogP contribution in [0.4, 0.5) is 5.82 Å². The molecule has 0 aliphatic heterocycles. The zero-order chi connectivity index (χ0) is 13.2. The lowest BCUT2D eigenvalue weighted by molar-refractivity contribution is 0.544. The van der Waals surface area contributed by atoms with Gasteiger partial charge in [-0.1, -0.05) is 34.6 Å². The summed E-state index contributed by atoms with van der Waals surface area (Å²) in [5.74, 6) is 2.05. The minimum absolute atomic E-state index is 0.0253. The molecular formula is C13H22BrN3. The average molecular weight is 300 g/mol. The van der Waals surface area contributed by atoms with E-state index in [4.69, 9.17) is 5.73 Å². The summed E-state index contributed by atoms with van der Waals surface area (Å²) >= 11 is 3.48. The molecule has 0 saturated carbocycles. The zero-order valence-corrected chi connectivity index (χ0v) is 12.9. The lowest BCUT2D eigenvalue weighted by Gasteiger charge is -2.21. The van der Waals surface area contributed by atoms with Gasteiger partial charge in [0.25, 0.3) is 0 Å². The SMILES string of the molecule is CC(C)CCc1nc(N)c(Br)c(C(C)(C)C)n1. The third kappa shape index (κ3) is 3.95. The number of anilines is 1. The maximum absolute atomic E-state index is 5.93. The predicted octanol–water partition coefficient (Wildman–Crippen LogP) is 3.71. The van der Waals surface area contributed by atoms with Crippen LogP contribution < -0.4 is 5.73 Å². The van der Waals surface area contributed by atoms with E-state index in [1.807, 2.05) is 0 Å². The van der Waals surface area contributed by atoms with E-state index in [1.54, 1.807) is 0 Å². The van der Waals surface area contributed by atoms with Crippen LogP contribution in [0.15, 0.2) is 4.47 Å². The van der Waals surface area contributed by atoms with Crippen LogP contribution >= 0.6 is 15.9 Å². The van der Waals surface area contributed by atoms with Crippen molar-refractivity contribution in [3.63, 3.8) is 0 Å². The highest BCUT2D eigenvalue weighted by Crippen LogP contribution is 2.31. The van der Waals surface area contributed by atoms with Gasteiger partial charge < -0.3 is 5.73 Å². The minimum atomic E-state index is -0.0253. The fraction of sp³-hybridized carbons (Fsp3) is 0.692. The van der Waals surface area contributed by atoms with Crippen molar-refractivity contribution in [1.82, 2.24) is 9.97 Å². The fourth-order valence-corrected chi connectivity index (χ4v) is 2.31. The van der Waals surface area contributed by atoms with E-state index in [1.165, 1.54) is 0 Å². The molecule has 2 N–H and O–H groups in total. The molecule has 3 nitrogen and oxygen atoms in total. The Hall–Kier alpha value is -0.640. The molecule has 0 aliphatic carbocycles. The number of nitrogens with zero attached hydrogens (tertiary/aromatic N) is 2. The van der Waals surface area contributed by atoms with E-state index in [0.29, 0.717) is 11.7 Å². The van der Waals surface area contributed by atoms with Crippen molar-refractivity contribution in [2.75, 3.05) is 5.73 Å². The van der Waals surface area contributed by atoms with Gasteiger partial charge in [-0.3, -0.25) is 0 Å². The first-order valence-corrected chi connectivity index (χ1v) is 6.83. The quantitative estimate of drug-likeness (QED) is 0.926. The number of rotatable bonds is 3. The van der Waals surface area contributed by atoms with Crippen LogP contribution in [0.1, 0.15) is 52.6 Å². The molecule has 0 spiro atoms. The molecule has 4 heteroatoms. The summed E-state index contributed by atoms with van der Waals surface area (Å²) in [4.78, 5) is 8.98. The van der Waals surface area contributed by atoms with Gasteiger partial charge in [-0.15, -0.1) is 0 Å². The Morgan fingerprint density at radius 3 is 2.29 bits per heavy atom. The summed E-state index contributed by atoms with van der Waals surface area (Å²) in [6.45, 7) is 10.8. The van der Waals surface area contributed by atoms with Crippen molar-refractivity contribution >= 4 is 21.7 Å². The number of halogens is 1. The summed E-state index contributed by atoms with van der Waals surface area (Å²) < 4.78 is 0.832. The van der Waals surface area contributed by atoms with Crippen molar-refractivity contribution in [3.05, 3.63) is 16.0 Å². The molecule has 0 atom stereocenters. The molecule has 1 aromatic rings. The molecule has 0 bridgehead atoms. The highest BCUT2D eigenvalue weighted by atomic mass is 79.9. The monoisotopic (exact) mass is 299 g/mol. The Morgan fingerprint density at radius 1 is 1.24 bits per heavy atom. The predicted molar refractivity (Wildman–Crippen MR) is 76.0 cm³/mol. The van der Waals surface area contributed by atoms with Crippen molar-refractivity contribution in [2.24, 2.45) is 5.92 Å². The first-order valence-electron chi connectivity index (χ1n) is 6.04. The molecule has 0 saturated heterocycles. The Bertz CT molecular complexity index is 394.